The predicted molar refractivity (Wildman–Crippen MR) is 58.2 cm³/mol. The monoisotopic (exact) mass is 219 g/mol. The van der Waals surface area contributed by atoms with Crippen molar-refractivity contribution in [2.45, 2.75) is 12.5 Å². The third-order valence-corrected chi connectivity index (χ3v) is 2.46. The smallest absolute Gasteiger partial charge is 0.236 e. The second kappa shape index (κ2) is 4.77. The zero-order valence-electron chi connectivity index (χ0n) is 9.03. The van der Waals surface area contributed by atoms with E-state index in [2.05, 4.69) is 20.6 Å². The Balaban J connectivity index is 2.13. The molecule has 16 heavy (non-hydrogen) atoms. The summed E-state index contributed by atoms with van der Waals surface area (Å²) in [6.45, 7) is 1.91. The molecule has 2 heterocycles. The highest BCUT2D eigenvalue weighted by molar-refractivity contribution is 5.41. The van der Waals surface area contributed by atoms with E-state index in [1.54, 1.807) is 0 Å². The lowest BCUT2D eigenvalue weighted by Gasteiger charge is -2.11. The van der Waals surface area contributed by atoms with E-state index in [0.29, 0.717) is 23.4 Å². The Bertz CT molecular complexity index is 408. The molecule has 1 atom stereocenters. The largest absolute Gasteiger partial charge is 0.480 e. The molecule has 1 aromatic rings. The Labute approximate surface area is 93.7 Å². The fraction of sp³-hybridized carbons (Fsp3) is 0.500. The van der Waals surface area contributed by atoms with Crippen LogP contribution in [-0.2, 0) is 0 Å². The van der Waals surface area contributed by atoms with Gasteiger partial charge in [-0.15, -0.1) is 0 Å². The number of hydrogen-bond acceptors (Lipinski definition) is 6. The Hall–Kier alpha value is -1.87. The second-order valence-electron chi connectivity index (χ2n) is 3.56. The van der Waals surface area contributed by atoms with Gasteiger partial charge in [0.1, 0.15) is 11.6 Å². The molecule has 1 aliphatic rings. The zero-order chi connectivity index (χ0) is 11.4. The second-order valence-corrected chi connectivity index (χ2v) is 3.56. The number of anilines is 1. The van der Waals surface area contributed by atoms with Crippen molar-refractivity contribution in [3.8, 4) is 11.9 Å². The van der Waals surface area contributed by atoms with Gasteiger partial charge in [0, 0.05) is 12.6 Å². The van der Waals surface area contributed by atoms with Crippen LogP contribution in [-0.4, -0.2) is 36.2 Å². The normalized spacial score (nSPS) is 19.1. The minimum atomic E-state index is 0.311. The molecule has 6 nitrogen and oxygen atoms in total. The summed E-state index contributed by atoms with van der Waals surface area (Å²) in [4.78, 5) is 8.20. The van der Waals surface area contributed by atoms with Gasteiger partial charge in [0.15, 0.2) is 0 Å². The van der Waals surface area contributed by atoms with Gasteiger partial charge >= 0.3 is 0 Å². The Morgan fingerprint density at radius 1 is 1.69 bits per heavy atom. The van der Waals surface area contributed by atoms with Crippen molar-refractivity contribution < 1.29 is 4.74 Å². The molecule has 84 valence electrons. The maximum Gasteiger partial charge on any atom is 0.236 e. The molecule has 1 saturated heterocycles. The van der Waals surface area contributed by atoms with E-state index in [1.807, 2.05) is 6.07 Å². The van der Waals surface area contributed by atoms with E-state index in [4.69, 9.17) is 10.00 Å². The van der Waals surface area contributed by atoms with Gasteiger partial charge in [-0.1, -0.05) is 0 Å². The summed E-state index contributed by atoms with van der Waals surface area (Å²) < 4.78 is 5.01. The lowest BCUT2D eigenvalue weighted by molar-refractivity contribution is 0.396. The molecule has 1 fully saturated rings. The molecule has 0 unspecified atom stereocenters. The molecule has 0 saturated carbocycles. The van der Waals surface area contributed by atoms with Crippen molar-refractivity contribution in [3.63, 3.8) is 0 Å². The summed E-state index contributed by atoms with van der Waals surface area (Å²) in [6, 6.07) is 2.32. The quantitative estimate of drug-likeness (QED) is 0.752. The summed E-state index contributed by atoms with van der Waals surface area (Å²) in [5.41, 5.74) is 0.345. The lowest BCUT2D eigenvalue weighted by atomic mass is 10.3. The number of nitrogens with zero attached hydrogens (tertiary/aromatic N) is 3. The standard InChI is InChI=1S/C10H13N5O/c1-16-9-7(4-11)5-13-10(15-9)14-8-2-3-12-6-8/h5,8,12H,2-3,6H2,1H3,(H,13,14,15)/t8-/m1/s1. The van der Waals surface area contributed by atoms with Crippen molar-refractivity contribution in [1.29, 1.82) is 5.26 Å². The van der Waals surface area contributed by atoms with Crippen LogP contribution >= 0.6 is 0 Å². The van der Waals surface area contributed by atoms with Gasteiger partial charge in [0.05, 0.1) is 13.3 Å². The molecule has 0 amide bonds. The van der Waals surface area contributed by atoms with Crippen LogP contribution in [0.3, 0.4) is 0 Å². The third-order valence-electron chi connectivity index (χ3n) is 2.46. The van der Waals surface area contributed by atoms with Crippen molar-refractivity contribution in [3.05, 3.63) is 11.8 Å². The number of rotatable bonds is 3. The Morgan fingerprint density at radius 3 is 3.19 bits per heavy atom. The van der Waals surface area contributed by atoms with Crippen LogP contribution in [0, 0.1) is 11.3 Å². The van der Waals surface area contributed by atoms with Crippen molar-refractivity contribution in [2.24, 2.45) is 0 Å². The number of aromatic nitrogens is 2. The Kier molecular flexibility index (Phi) is 3.17. The predicted octanol–water partition coefficient (Wildman–Crippen LogP) is 0.131. The van der Waals surface area contributed by atoms with Crippen LogP contribution in [0.5, 0.6) is 5.88 Å². The highest BCUT2D eigenvalue weighted by atomic mass is 16.5. The molecule has 1 aliphatic heterocycles. The molecular formula is C10H13N5O. The van der Waals surface area contributed by atoms with E-state index < -0.39 is 0 Å². The highest BCUT2D eigenvalue weighted by Crippen LogP contribution is 2.15. The van der Waals surface area contributed by atoms with Crippen molar-refractivity contribution >= 4 is 5.95 Å². The number of ether oxygens (including phenoxy) is 1. The molecule has 6 heteroatoms. The van der Waals surface area contributed by atoms with E-state index in [-0.39, 0.29) is 0 Å². The summed E-state index contributed by atoms with van der Waals surface area (Å²) in [7, 11) is 1.49. The minimum absolute atomic E-state index is 0.311. The van der Waals surface area contributed by atoms with E-state index >= 15 is 0 Å². The first-order valence-electron chi connectivity index (χ1n) is 5.12. The molecule has 2 N–H and O–H groups in total. The fourth-order valence-corrected chi connectivity index (χ4v) is 1.63. The molecule has 0 aromatic carbocycles. The van der Waals surface area contributed by atoms with Crippen LogP contribution in [0.4, 0.5) is 5.95 Å². The molecule has 0 spiro atoms. The van der Waals surface area contributed by atoms with Crippen molar-refractivity contribution in [1.82, 2.24) is 15.3 Å². The number of methoxy groups -OCH3 is 1. The lowest BCUT2D eigenvalue weighted by Crippen LogP contribution is -2.23. The van der Waals surface area contributed by atoms with Gasteiger partial charge < -0.3 is 15.4 Å². The summed E-state index contributed by atoms with van der Waals surface area (Å²) >= 11 is 0. The first kappa shape index (κ1) is 10.6. The van der Waals surface area contributed by atoms with E-state index in [9.17, 15) is 0 Å². The molecular weight excluding hydrogens is 206 g/mol. The molecule has 1 aromatic heterocycles. The van der Waals surface area contributed by atoms with E-state index in [0.717, 1.165) is 19.5 Å². The van der Waals surface area contributed by atoms with Gasteiger partial charge in [-0.3, -0.25) is 0 Å². The van der Waals surface area contributed by atoms with Gasteiger partial charge in [-0.2, -0.15) is 10.2 Å². The topological polar surface area (TPSA) is 82.9 Å². The van der Waals surface area contributed by atoms with Crippen molar-refractivity contribution in [2.75, 3.05) is 25.5 Å². The van der Waals surface area contributed by atoms with Gasteiger partial charge in [0.25, 0.3) is 0 Å². The summed E-state index contributed by atoms with van der Waals surface area (Å²) in [5, 5.41) is 15.2. The van der Waals surface area contributed by atoms with Gasteiger partial charge in [0.2, 0.25) is 11.8 Å². The van der Waals surface area contributed by atoms with Gasteiger partial charge in [-0.05, 0) is 13.0 Å². The molecule has 0 bridgehead atoms. The first-order valence-corrected chi connectivity index (χ1v) is 5.12. The fourth-order valence-electron chi connectivity index (χ4n) is 1.63. The highest BCUT2D eigenvalue weighted by Gasteiger charge is 2.16. The molecule has 0 aliphatic carbocycles. The molecule has 2 rings (SSSR count). The minimum Gasteiger partial charge on any atom is -0.480 e. The SMILES string of the molecule is COc1nc(N[C@@H]2CCNC2)ncc1C#N. The number of hydrogen-bond donors (Lipinski definition) is 2. The average molecular weight is 219 g/mol. The maximum absolute atomic E-state index is 8.78. The maximum atomic E-state index is 8.78. The van der Waals surface area contributed by atoms with Gasteiger partial charge in [-0.25, -0.2) is 4.98 Å². The van der Waals surface area contributed by atoms with Crippen LogP contribution < -0.4 is 15.4 Å². The van der Waals surface area contributed by atoms with Crippen LogP contribution in [0.1, 0.15) is 12.0 Å². The number of nitriles is 1. The van der Waals surface area contributed by atoms with Crippen LogP contribution in [0.2, 0.25) is 0 Å². The van der Waals surface area contributed by atoms with Crippen LogP contribution in [0.15, 0.2) is 6.20 Å². The first-order chi connectivity index (χ1) is 7.83. The third kappa shape index (κ3) is 2.20. The molecule has 0 radical (unpaired) electrons. The average Bonchev–Trinajstić information content (AvgIpc) is 2.81. The number of nitrogens with one attached hydrogen (secondary N) is 2. The Morgan fingerprint density at radius 2 is 2.56 bits per heavy atom. The summed E-state index contributed by atoms with van der Waals surface area (Å²) in [5.74, 6) is 0.815. The summed E-state index contributed by atoms with van der Waals surface area (Å²) in [6.07, 6.45) is 2.52. The zero-order valence-corrected chi connectivity index (χ0v) is 9.03. The van der Waals surface area contributed by atoms with E-state index in [1.165, 1.54) is 13.3 Å². The van der Waals surface area contributed by atoms with Crippen LogP contribution in [0.25, 0.3) is 0 Å².